The van der Waals surface area contributed by atoms with Gasteiger partial charge in [-0.2, -0.15) is 0 Å². The van der Waals surface area contributed by atoms with Gasteiger partial charge in [0, 0.05) is 18.7 Å². The number of ether oxygens (including phenoxy) is 4. The average molecular weight is 507 g/mol. The first kappa shape index (κ1) is 26.7. The Bertz CT molecular complexity index is 1340. The molecule has 0 bridgehead atoms. The van der Waals surface area contributed by atoms with Crippen molar-refractivity contribution >= 4 is 35.5 Å². The summed E-state index contributed by atoms with van der Waals surface area (Å²) >= 11 is 0. The molecule has 0 saturated carbocycles. The third-order valence-corrected chi connectivity index (χ3v) is 5.34. The van der Waals surface area contributed by atoms with Crippen LogP contribution in [0.25, 0.3) is 12.2 Å². The van der Waals surface area contributed by atoms with Crippen LogP contribution >= 0.6 is 0 Å². The molecule has 0 atom stereocenters. The second kappa shape index (κ2) is 12.2. The van der Waals surface area contributed by atoms with Gasteiger partial charge in [0.15, 0.2) is 28.8 Å². The lowest BCUT2D eigenvalue weighted by molar-refractivity contribution is -0.385. The maximum absolute atomic E-state index is 12.5. The van der Waals surface area contributed by atoms with Crippen molar-refractivity contribution < 1.29 is 33.8 Å². The Morgan fingerprint density at radius 2 is 1.51 bits per heavy atom. The largest absolute Gasteiger partial charge is 0.504 e. The number of nitro benzene ring substituents is 1. The molecule has 0 radical (unpaired) electrons. The number of phenolic OH excluding ortho intramolecular Hbond substituents is 1. The summed E-state index contributed by atoms with van der Waals surface area (Å²) in [7, 11) is 5.96. The van der Waals surface area contributed by atoms with Crippen molar-refractivity contribution in [1.82, 2.24) is 0 Å². The average Bonchev–Trinajstić information content (AvgIpc) is 2.90. The molecule has 0 aliphatic heterocycles. The highest BCUT2D eigenvalue weighted by Gasteiger charge is 2.18. The molecule has 192 valence electrons. The molecule has 0 unspecified atom stereocenters. The van der Waals surface area contributed by atoms with E-state index in [1.54, 1.807) is 36.4 Å². The number of carbonyl (C=O) groups excluding carboxylic acids is 1. The number of phenols is 1. The first-order chi connectivity index (χ1) is 17.8. The normalized spacial score (nSPS) is 11.0. The van der Waals surface area contributed by atoms with Gasteiger partial charge in [0.25, 0.3) is 5.69 Å². The fraction of sp³-hybridized carbons (Fsp3) is 0.185. The van der Waals surface area contributed by atoms with Crippen molar-refractivity contribution in [2.45, 2.75) is 6.42 Å². The van der Waals surface area contributed by atoms with Crippen molar-refractivity contribution in [2.24, 2.45) is 4.99 Å². The summed E-state index contributed by atoms with van der Waals surface area (Å²) in [6, 6.07) is 12.4. The van der Waals surface area contributed by atoms with Crippen LogP contribution < -0.4 is 18.9 Å². The lowest BCUT2D eigenvalue weighted by Gasteiger charge is -2.13. The number of benzene rings is 3. The number of nitro groups is 1. The standard InChI is InChI=1S/C27H26N2O8/c1-34-24-15-18(16-25(35-2)27(24)37-4)10-9-17-13-20(26(36-3)23(31)14-17)28-12-11-22(30)19-7-5-6-8-21(19)29(32)33/h5-10,12-16,31H,11H2,1-4H3/b10-9-,28-12?. The molecule has 0 fully saturated rings. The van der Waals surface area contributed by atoms with E-state index in [-0.39, 0.29) is 34.9 Å². The van der Waals surface area contributed by atoms with Gasteiger partial charge in [-0.3, -0.25) is 19.9 Å². The van der Waals surface area contributed by atoms with Crippen LogP contribution in [0.1, 0.15) is 27.9 Å². The smallest absolute Gasteiger partial charge is 0.280 e. The number of hydrogen-bond acceptors (Lipinski definition) is 9. The number of aromatic hydroxyl groups is 1. The van der Waals surface area contributed by atoms with Crippen LogP contribution in [0.4, 0.5) is 11.4 Å². The number of rotatable bonds is 11. The number of ketones is 1. The van der Waals surface area contributed by atoms with Crippen LogP contribution in [0.3, 0.4) is 0 Å². The summed E-state index contributed by atoms with van der Waals surface area (Å²) in [5.41, 5.74) is 1.36. The first-order valence-electron chi connectivity index (χ1n) is 11.0. The summed E-state index contributed by atoms with van der Waals surface area (Å²) in [5, 5.41) is 21.7. The minimum Gasteiger partial charge on any atom is -0.504 e. The zero-order valence-corrected chi connectivity index (χ0v) is 20.8. The second-order valence-corrected chi connectivity index (χ2v) is 7.60. The SMILES string of the molecule is COc1cc(/C=C\c2cc(O)c(OC)c(N=CCC(=O)c3ccccc3[N+](=O)[O-])c2)cc(OC)c1OC. The Labute approximate surface area is 213 Å². The van der Waals surface area contributed by atoms with E-state index in [9.17, 15) is 20.0 Å². The van der Waals surface area contributed by atoms with E-state index in [2.05, 4.69) is 4.99 Å². The number of Topliss-reactive ketones (excluding diaryl/α,β-unsaturated/α-hetero) is 1. The Balaban J connectivity index is 1.88. The van der Waals surface area contributed by atoms with Crippen LogP contribution in [0.5, 0.6) is 28.7 Å². The predicted molar refractivity (Wildman–Crippen MR) is 140 cm³/mol. The van der Waals surface area contributed by atoms with E-state index >= 15 is 0 Å². The molecule has 37 heavy (non-hydrogen) atoms. The van der Waals surface area contributed by atoms with Crippen LogP contribution in [-0.4, -0.2) is 50.5 Å². The molecule has 0 spiro atoms. The van der Waals surface area contributed by atoms with Gasteiger partial charge in [-0.25, -0.2) is 0 Å². The summed E-state index contributed by atoms with van der Waals surface area (Å²) in [6.07, 6.45) is 4.68. The van der Waals surface area contributed by atoms with Crippen LogP contribution in [0, 0.1) is 10.1 Å². The van der Waals surface area contributed by atoms with Crippen molar-refractivity contribution in [1.29, 1.82) is 0 Å². The molecular weight excluding hydrogens is 480 g/mol. The molecular formula is C27H26N2O8. The molecule has 10 nitrogen and oxygen atoms in total. The molecule has 0 heterocycles. The zero-order valence-electron chi connectivity index (χ0n) is 20.8. The van der Waals surface area contributed by atoms with E-state index < -0.39 is 10.7 Å². The van der Waals surface area contributed by atoms with Crippen LogP contribution in [0.15, 0.2) is 53.5 Å². The molecule has 3 rings (SSSR count). The van der Waals surface area contributed by atoms with Crippen LogP contribution in [-0.2, 0) is 0 Å². The van der Waals surface area contributed by atoms with Crippen molar-refractivity contribution in [3.63, 3.8) is 0 Å². The van der Waals surface area contributed by atoms with Gasteiger partial charge in [-0.15, -0.1) is 0 Å². The minimum absolute atomic E-state index is 0.00389. The fourth-order valence-electron chi connectivity index (χ4n) is 3.62. The Morgan fingerprint density at radius 1 is 0.919 bits per heavy atom. The summed E-state index contributed by atoms with van der Waals surface area (Å²) in [4.78, 5) is 27.4. The molecule has 3 aromatic carbocycles. The summed E-state index contributed by atoms with van der Waals surface area (Å²) in [5.74, 6) is 0.973. The predicted octanol–water partition coefficient (Wildman–Crippen LogP) is 5.48. The number of para-hydroxylation sites is 1. The van der Waals surface area contributed by atoms with Gasteiger partial charge in [-0.1, -0.05) is 24.3 Å². The van der Waals surface area contributed by atoms with E-state index in [0.717, 1.165) is 5.56 Å². The highest BCUT2D eigenvalue weighted by atomic mass is 16.6. The number of hydrogen-bond donors (Lipinski definition) is 1. The highest BCUT2D eigenvalue weighted by Crippen LogP contribution is 2.40. The number of aliphatic imine (C=N–C) groups is 1. The molecule has 1 N–H and O–H groups in total. The number of carbonyl (C=O) groups is 1. The van der Waals surface area contributed by atoms with Gasteiger partial charge in [0.1, 0.15) is 5.69 Å². The molecule has 0 aliphatic rings. The zero-order chi connectivity index (χ0) is 26.9. The minimum atomic E-state index is -0.602. The molecule has 0 amide bonds. The second-order valence-electron chi connectivity index (χ2n) is 7.60. The van der Waals surface area contributed by atoms with Crippen molar-refractivity contribution in [2.75, 3.05) is 28.4 Å². The van der Waals surface area contributed by atoms with E-state index in [1.807, 2.05) is 0 Å². The lowest BCUT2D eigenvalue weighted by Crippen LogP contribution is -2.04. The van der Waals surface area contributed by atoms with E-state index in [1.165, 1.54) is 58.9 Å². The summed E-state index contributed by atoms with van der Waals surface area (Å²) in [6.45, 7) is 0. The fourth-order valence-corrected chi connectivity index (χ4v) is 3.62. The number of nitrogens with zero attached hydrogens (tertiary/aromatic N) is 2. The van der Waals surface area contributed by atoms with Crippen LogP contribution in [0.2, 0.25) is 0 Å². The first-order valence-corrected chi connectivity index (χ1v) is 11.0. The van der Waals surface area contributed by atoms with E-state index in [0.29, 0.717) is 22.8 Å². The van der Waals surface area contributed by atoms with Crippen molar-refractivity contribution in [3.05, 3.63) is 75.3 Å². The van der Waals surface area contributed by atoms with Gasteiger partial charge >= 0.3 is 0 Å². The third-order valence-electron chi connectivity index (χ3n) is 5.34. The lowest BCUT2D eigenvalue weighted by atomic mass is 10.1. The molecule has 0 saturated heterocycles. The van der Waals surface area contributed by atoms with Gasteiger partial charge in [-0.05, 0) is 41.5 Å². The highest BCUT2D eigenvalue weighted by molar-refractivity contribution is 6.06. The molecule has 3 aromatic rings. The Morgan fingerprint density at radius 3 is 2.08 bits per heavy atom. The molecule has 0 aromatic heterocycles. The quantitative estimate of drug-likeness (QED) is 0.119. The van der Waals surface area contributed by atoms with Gasteiger partial charge in [0.2, 0.25) is 5.75 Å². The van der Waals surface area contributed by atoms with Gasteiger partial charge < -0.3 is 24.1 Å². The molecule has 10 heteroatoms. The van der Waals surface area contributed by atoms with Gasteiger partial charge in [0.05, 0.1) is 38.9 Å². The topological polar surface area (TPSA) is 130 Å². The van der Waals surface area contributed by atoms with E-state index in [4.69, 9.17) is 18.9 Å². The maximum Gasteiger partial charge on any atom is 0.280 e. The Kier molecular flexibility index (Phi) is 8.82. The maximum atomic E-state index is 12.5. The summed E-state index contributed by atoms with van der Waals surface area (Å²) < 4.78 is 21.4. The number of methoxy groups -OCH3 is 4. The molecule has 0 aliphatic carbocycles. The third kappa shape index (κ3) is 6.23. The monoisotopic (exact) mass is 506 g/mol. The van der Waals surface area contributed by atoms with Crippen molar-refractivity contribution in [3.8, 4) is 28.7 Å². The Hall–Kier alpha value is -4.86.